The number of methoxy groups -OCH3 is 1. The summed E-state index contributed by atoms with van der Waals surface area (Å²) in [6.07, 6.45) is -3.50. The van der Waals surface area contributed by atoms with Crippen LogP contribution in [0.25, 0.3) is 0 Å². The number of aliphatic imine (C=N–C) groups is 1. The summed E-state index contributed by atoms with van der Waals surface area (Å²) in [6.45, 7) is -0.0123. The second kappa shape index (κ2) is 6.32. The lowest BCUT2D eigenvalue weighted by Crippen LogP contribution is -2.47. The van der Waals surface area contributed by atoms with Crippen LogP contribution in [0.4, 0.5) is 13.2 Å². The number of carbonyl (C=O) groups excluding carboxylic acids is 2. The quantitative estimate of drug-likeness (QED) is 0.773. The number of amides is 1. The third-order valence-electron chi connectivity index (χ3n) is 3.99. The minimum Gasteiger partial charge on any atom is -0.481 e. The van der Waals surface area contributed by atoms with Gasteiger partial charge in [0.1, 0.15) is 12.5 Å². The maximum absolute atomic E-state index is 13.0. The fraction of sp³-hybridized carbons (Fsp3) is 0.312. The number of nitrogens with zero attached hydrogens (tertiary/aromatic N) is 3. The zero-order valence-corrected chi connectivity index (χ0v) is 13.1. The molecule has 2 aliphatic rings. The van der Waals surface area contributed by atoms with Crippen LogP contribution in [0.3, 0.4) is 0 Å². The molecule has 25 heavy (non-hydrogen) atoms. The zero-order valence-electron chi connectivity index (χ0n) is 13.1. The summed E-state index contributed by atoms with van der Waals surface area (Å²) in [5.41, 5.74) is 0.673. The number of fused-ring (bicyclic) bond motifs is 1. The van der Waals surface area contributed by atoms with Gasteiger partial charge in [-0.2, -0.15) is 13.2 Å². The van der Waals surface area contributed by atoms with Crippen molar-refractivity contribution in [3.05, 3.63) is 47.9 Å². The van der Waals surface area contributed by atoms with Crippen molar-refractivity contribution in [3.8, 4) is 0 Å². The van der Waals surface area contributed by atoms with Crippen molar-refractivity contribution in [2.75, 3.05) is 7.11 Å². The molecule has 9 heteroatoms. The molecule has 6 nitrogen and oxygen atoms in total. The van der Waals surface area contributed by atoms with Crippen LogP contribution in [0, 0.1) is 0 Å². The van der Waals surface area contributed by atoms with Gasteiger partial charge < -0.3 is 4.74 Å². The lowest BCUT2D eigenvalue weighted by atomic mass is 10.1. The first kappa shape index (κ1) is 17.2. The predicted molar refractivity (Wildman–Crippen MR) is 81.1 cm³/mol. The lowest BCUT2D eigenvalue weighted by molar-refractivity contribution is -0.177. The smallest absolute Gasteiger partial charge is 0.452 e. The third kappa shape index (κ3) is 3.14. The minimum absolute atomic E-state index is 0.0123. The number of halogens is 3. The van der Waals surface area contributed by atoms with Crippen LogP contribution >= 0.6 is 0 Å². The van der Waals surface area contributed by atoms with Gasteiger partial charge in [-0.05, 0) is 5.56 Å². The van der Waals surface area contributed by atoms with Gasteiger partial charge in [0.2, 0.25) is 5.88 Å². The molecule has 2 unspecified atom stereocenters. The van der Waals surface area contributed by atoms with Crippen molar-refractivity contribution in [1.82, 2.24) is 9.80 Å². The molecule has 1 amide bonds. The van der Waals surface area contributed by atoms with Crippen molar-refractivity contribution in [1.29, 1.82) is 0 Å². The Kier molecular flexibility index (Phi) is 4.34. The summed E-state index contributed by atoms with van der Waals surface area (Å²) >= 11 is 0. The summed E-state index contributed by atoms with van der Waals surface area (Å²) in [5, 5.41) is 0. The van der Waals surface area contributed by atoms with Crippen LogP contribution in [0.1, 0.15) is 5.56 Å². The molecule has 1 fully saturated rings. The van der Waals surface area contributed by atoms with E-state index in [4.69, 9.17) is 4.74 Å². The number of benzene rings is 1. The van der Waals surface area contributed by atoms with Crippen LogP contribution in [0.2, 0.25) is 0 Å². The molecule has 0 bridgehead atoms. The topological polar surface area (TPSA) is 62.2 Å². The minimum atomic E-state index is -5.12. The van der Waals surface area contributed by atoms with E-state index in [1.54, 1.807) is 30.3 Å². The molecule has 0 N–H and O–H groups in total. The van der Waals surface area contributed by atoms with Gasteiger partial charge in [-0.15, -0.1) is 0 Å². The van der Waals surface area contributed by atoms with Crippen LogP contribution in [0.5, 0.6) is 0 Å². The van der Waals surface area contributed by atoms with E-state index in [-0.39, 0.29) is 12.4 Å². The Labute approximate surface area is 141 Å². The normalized spacial score (nSPS) is 23.4. The van der Waals surface area contributed by atoms with Crippen molar-refractivity contribution in [3.63, 3.8) is 0 Å². The summed E-state index contributed by atoms with van der Waals surface area (Å²) in [6, 6.07) is 6.68. The molecule has 1 aromatic carbocycles. The van der Waals surface area contributed by atoms with E-state index in [9.17, 15) is 22.8 Å². The first-order valence-corrected chi connectivity index (χ1v) is 7.36. The van der Waals surface area contributed by atoms with E-state index in [0.717, 1.165) is 11.2 Å². The Morgan fingerprint density at radius 2 is 1.96 bits per heavy atom. The highest BCUT2D eigenvalue weighted by Crippen LogP contribution is 2.32. The summed E-state index contributed by atoms with van der Waals surface area (Å²) in [4.78, 5) is 30.3. The van der Waals surface area contributed by atoms with Crippen LogP contribution in [-0.4, -0.2) is 53.3 Å². The average molecular weight is 353 g/mol. The van der Waals surface area contributed by atoms with Gasteiger partial charge in [0, 0.05) is 12.6 Å². The third-order valence-corrected chi connectivity index (χ3v) is 3.99. The van der Waals surface area contributed by atoms with Crippen LogP contribution in [0.15, 0.2) is 47.3 Å². The fourth-order valence-corrected chi connectivity index (χ4v) is 2.83. The molecule has 0 aromatic heterocycles. The first-order chi connectivity index (χ1) is 11.8. The van der Waals surface area contributed by atoms with E-state index in [0.29, 0.717) is 5.56 Å². The molecule has 0 radical (unpaired) electrons. The second-order valence-electron chi connectivity index (χ2n) is 5.54. The number of rotatable bonds is 4. The largest absolute Gasteiger partial charge is 0.481 e. The van der Waals surface area contributed by atoms with Crippen molar-refractivity contribution >= 4 is 18.0 Å². The number of carbonyl (C=O) groups is 2. The molecule has 3 rings (SSSR count). The monoisotopic (exact) mass is 353 g/mol. The number of alkyl halides is 3. The molecule has 1 saturated heterocycles. The molecule has 2 atom stereocenters. The van der Waals surface area contributed by atoms with E-state index in [1.807, 2.05) is 0 Å². The Morgan fingerprint density at radius 3 is 2.56 bits per heavy atom. The van der Waals surface area contributed by atoms with Gasteiger partial charge in [0.25, 0.3) is 11.7 Å². The zero-order chi connectivity index (χ0) is 18.2. The lowest BCUT2D eigenvalue weighted by Gasteiger charge is -2.29. The highest BCUT2D eigenvalue weighted by Gasteiger charge is 2.56. The first-order valence-electron chi connectivity index (χ1n) is 7.36. The van der Waals surface area contributed by atoms with Gasteiger partial charge in [0.05, 0.1) is 7.11 Å². The Hall–Kier alpha value is -2.68. The van der Waals surface area contributed by atoms with Crippen molar-refractivity contribution < 1.29 is 27.5 Å². The predicted octanol–water partition coefficient (Wildman–Crippen LogP) is 1.69. The van der Waals surface area contributed by atoms with E-state index < -0.39 is 30.1 Å². The number of Topliss-reactive ketones (excluding diaryl/α,β-unsaturated/α-hetero) is 1. The van der Waals surface area contributed by atoms with E-state index in [2.05, 4.69) is 4.99 Å². The van der Waals surface area contributed by atoms with E-state index in [1.165, 1.54) is 18.1 Å². The van der Waals surface area contributed by atoms with Crippen molar-refractivity contribution in [2.24, 2.45) is 4.99 Å². The van der Waals surface area contributed by atoms with Crippen LogP contribution < -0.4 is 0 Å². The Bertz CT molecular complexity index is 746. The molecular formula is C16H14F3N3O3. The molecule has 0 saturated carbocycles. The fourth-order valence-electron chi connectivity index (χ4n) is 2.83. The molecule has 2 aliphatic heterocycles. The molecule has 1 aromatic rings. The number of ether oxygens (including phenoxy) is 1. The van der Waals surface area contributed by atoms with Gasteiger partial charge in [-0.25, -0.2) is 4.99 Å². The van der Waals surface area contributed by atoms with Crippen molar-refractivity contribution in [2.45, 2.75) is 24.9 Å². The summed E-state index contributed by atoms with van der Waals surface area (Å²) in [7, 11) is 1.36. The van der Waals surface area contributed by atoms with E-state index >= 15 is 0 Å². The number of hydrogen-bond donors (Lipinski definition) is 0. The number of ketones is 1. The standard InChI is InChI=1S/C16H14F3N3O3/c1-25-11-7-12-21(8-10-5-3-2-4-6-10)13(14(23)16(17,18)19)15(24)22(12)9-20-11/h2-7,9,12-13H,8H2,1H3. The molecule has 0 aliphatic carbocycles. The number of hydrogen-bond acceptors (Lipinski definition) is 5. The molecule has 132 valence electrons. The summed E-state index contributed by atoms with van der Waals surface area (Å²) < 4.78 is 43.9. The highest BCUT2D eigenvalue weighted by molar-refractivity contribution is 6.12. The summed E-state index contributed by atoms with van der Waals surface area (Å²) in [5.74, 6) is -2.89. The van der Waals surface area contributed by atoms with Gasteiger partial charge in [-0.1, -0.05) is 30.3 Å². The average Bonchev–Trinajstić information content (AvgIpc) is 2.86. The second-order valence-corrected chi connectivity index (χ2v) is 5.54. The Balaban J connectivity index is 2.00. The Morgan fingerprint density at radius 1 is 1.28 bits per heavy atom. The molecular weight excluding hydrogens is 339 g/mol. The maximum atomic E-state index is 13.0. The molecule has 2 heterocycles. The van der Waals surface area contributed by atoms with Crippen LogP contribution in [-0.2, 0) is 20.9 Å². The SMILES string of the molecule is COC1=CC2N(C=N1)C(=O)C(C(=O)C(F)(F)F)N2Cc1ccccc1. The van der Waals surface area contributed by atoms with Gasteiger partial charge >= 0.3 is 6.18 Å². The highest BCUT2D eigenvalue weighted by atomic mass is 19.4. The molecule has 0 spiro atoms. The van der Waals surface area contributed by atoms with Gasteiger partial charge in [-0.3, -0.25) is 19.4 Å². The van der Waals surface area contributed by atoms with Gasteiger partial charge in [0.15, 0.2) is 6.04 Å². The maximum Gasteiger partial charge on any atom is 0.452 e.